The Kier molecular flexibility index (Phi) is 2.56. The lowest BCUT2D eigenvalue weighted by Crippen LogP contribution is -2.04. The maximum absolute atomic E-state index is 12.3. The predicted molar refractivity (Wildman–Crippen MR) is 55.2 cm³/mol. The first kappa shape index (κ1) is 10.6. The number of halogens is 3. The van der Waals surface area contributed by atoms with Crippen LogP contribution in [0.4, 0.5) is 13.2 Å². The van der Waals surface area contributed by atoms with Crippen LogP contribution in [0.3, 0.4) is 0 Å². The molecule has 80 valence electrons. The zero-order valence-corrected chi connectivity index (χ0v) is 9.26. The molecule has 0 unspecified atom stereocenters. The first-order valence-electron chi connectivity index (χ1n) is 4.05. The highest BCUT2D eigenvalue weighted by atomic mass is 32.1. The van der Waals surface area contributed by atoms with E-state index in [1.807, 2.05) is 18.4 Å². The molecule has 15 heavy (non-hydrogen) atoms. The third kappa shape index (κ3) is 2.21. The molecule has 2 aromatic heterocycles. The van der Waals surface area contributed by atoms with E-state index < -0.39 is 11.9 Å². The van der Waals surface area contributed by atoms with E-state index in [4.69, 9.17) is 0 Å². The maximum Gasteiger partial charge on any atom is 0.434 e. The first-order valence-corrected chi connectivity index (χ1v) is 5.81. The van der Waals surface area contributed by atoms with E-state index in [1.54, 1.807) is 0 Å². The van der Waals surface area contributed by atoms with Gasteiger partial charge in [-0.05, 0) is 13.0 Å². The van der Waals surface area contributed by atoms with Crippen molar-refractivity contribution >= 4 is 22.7 Å². The molecule has 0 spiro atoms. The van der Waals surface area contributed by atoms with Gasteiger partial charge in [-0.1, -0.05) is 0 Å². The van der Waals surface area contributed by atoms with Gasteiger partial charge in [0.25, 0.3) is 0 Å². The Morgan fingerprint density at radius 2 is 1.93 bits per heavy atom. The average Bonchev–Trinajstić information content (AvgIpc) is 2.69. The molecule has 0 bridgehead atoms. The van der Waals surface area contributed by atoms with Crippen LogP contribution >= 0.6 is 22.7 Å². The lowest BCUT2D eigenvalue weighted by molar-refractivity contribution is -0.140. The van der Waals surface area contributed by atoms with Crippen molar-refractivity contribution in [1.82, 2.24) is 4.98 Å². The van der Waals surface area contributed by atoms with Crippen LogP contribution in [0.2, 0.25) is 0 Å². The van der Waals surface area contributed by atoms with E-state index in [-0.39, 0.29) is 0 Å². The Bertz CT molecular complexity index is 470. The summed E-state index contributed by atoms with van der Waals surface area (Å²) in [7, 11) is 0. The van der Waals surface area contributed by atoms with E-state index in [0.717, 1.165) is 27.2 Å². The summed E-state index contributed by atoms with van der Waals surface area (Å²) in [4.78, 5) is 4.63. The van der Waals surface area contributed by atoms with Gasteiger partial charge in [0.05, 0.1) is 0 Å². The third-order valence-electron chi connectivity index (χ3n) is 1.77. The number of nitrogens with zero attached hydrogens (tertiary/aromatic N) is 1. The summed E-state index contributed by atoms with van der Waals surface area (Å²) in [5.41, 5.74) is -0.0515. The van der Waals surface area contributed by atoms with E-state index in [9.17, 15) is 13.2 Å². The number of alkyl halides is 3. The fourth-order valence-corrected chi connectivity index (χ4v) is 2.67. The van der Waals surface area contributed by atoms with Crippen LogP contribution in [0.1, 0.15) is 10.6 Å². The molecule has 1 nitrogen and oxygen atoms in total. The molecule has 0 fully saturated rings. The van der Waals surface area contributed by atoms with Crippen molar-refractivity contribution in [2.24, 2.45) is 0 Å². The van der Waals surface area contributed by atoms with E-state index in [2.05, 4.69) is 4.98 Å². The maximum atomic E-state index is 12.3. The van der Waals surface area contributed by atoms with Gasteiger partial charge >= 0.3 is 6.18 Å². The second-order valence-corrected chi connectivity index (χ2v) is 4.96. The lowest BCUT2D eigenvalue weighted by Gasteiger charge is -1.99. The Morgan fingerprint density at radius 3 is 2.40 bits per heavy atom. The molecule has 6 heteroatoms. The number of hydrogen-bond donors (Lipinski definition) is 0. The Hall–Kier alpha value is -0.880. The van der Waals surface area contributed by atoms with Crippen LogP contribution < -0.4 is 0 Å². The SMILES string of the molecule is Cc1cc(-c2nc(C(F)(F)F)cs2)cs1. The normalized spacial score (nSPS) is 12.0. The summed E-state index contributed by atoms with van der Waals surface area (Å²) >= 11 is 2.52. The number of rotatable bonds is 1. The molecule has 2 aromatic rings. The van der Waals surface area contributed by atoms with Crippen molar-refractivity contribution < 1.29 is 13.2 Å². The topological polar surface area (TPSA) is 12.9 Å². The molecule has 2 rings (SSSR count). The largest absolute Gasteiger partial charge is 0.434 e. The lowest BCUT2D eigenvalue weighted by atomic mass is 10.3. The average molecular weight is 249 g/mol. The summed E-state index contributed by atoms with van der Waals surface area (Å²) in [5, 5.41) is 3.28. The molecular weight excluding hydrogens is 243 g/mol. The minimum absolute atomic E-state index is 0.423. The molecule has 0 saturated heterocycles. The minimum atomic E-state index is -4.35. The first-order chi connectivity index (χ1) is 6.97. The summed E-state index contributed by atoms with van der Waals surface area (Å²) in [6.45, 7) is 1.91. The Morgan fingerprint density at radius 1 is 1.20 bits per heavy atom. The van der Waals surface area contributed by atoms with Crippen LogP contribution in [0.5, 0.6) is 0 Å². The van der Waals surface area contributed by atoms with Crippen molar-refractivity contribution in [3.63, 3.8) is 0 Å². The highest BCUT2D eigenvalue weighted by Crippen LogP contribution is 2.34. The van der Waals surface area contributed by atoms with Crippen molar-refractivity contribution in [3.05, 3.63) is 27.4 Å². The van der Waals surface area contributed by atoms with Crippen LogP contribution in [-0.4, -0.2) is 4.98 Å². The van der Waals surface area contributed by atoms with E-state index >= 15 is 0 Å². The fraction of sp³-hybridized carbons (Fsp3) is 0.222. The van der Waals surface area contributed by atoms with Crippen molar-refractivity contribution in [2.45, 2.75) is 13.1 Å². The minimum Gasteiger partial charge on any atom is -0.232 e. The zero-order chi connectivity index (χ0) is 11.1. The Balaban J connectivity index is 2.36. The van der Waals surface area contributed by atoms with Gasteiger partial charge in [-0.25, -0.2) is 4.98 Å². The third-order valence-corrected chi connectivity index (χ3v) is 3.52. The summed E-state index contributed by atoms with van der Waals surface area (Å²) in [6, 6.07) is 1.84. The molecule has 0 atom stereocenters. The quantitative estimate of drug-likeness (QED) is 0.738. The van der Waals surface area contributed by atoms with Gasteiger partial charge in [0.1, 0.15) is 5.01 Å². The summed E-state index contributed by atoms with van der Waals surface area (Å²) in [5.74, 6) is 0. The molecule has 2 heterocycles. The standard InChI is InChI=1S/C9H6F3NS2/c1-5-2-6(3-14-5)8-13-7(4-15-8)9(10,11)12/h2-4H,1H3. The molecule has 0 aliphatic heterocycles. The Labute approximate surface area is 92.2 Å². The molecule has 0 saturated carbocycles. The second kappa shape index (κ2) is 3.61. The van der Waals surface area contributed by atoms with Gasteiger partial charge < -0.3 is 0 Å². The monoisotopic (exact) mass is 249 g/mol. The second-order valence-electron chi connectivity index (χ2n) is 2.98. The van der Waals surface area contributed by atoms with Gasteiger partial charge in [-0.2, -0.15) is 13.2 Å². The number of aromatic nitrogens is 1. The highest BCUT2D eigenvalue weighted by molar-refractivity contribution is 7.14. The van der Waals surface area contributed by atoms with Crippen molar-refractivity contribution in [1.29, 1.82) is 0 Å². The summed E-state index contributed by atoms with van der Waals surface area (Å²) < 4.78 is 36.8. The van der Waals surface area contributed by atoms with Crippen LogP contribution in [0.25, 0.3) is 10.6 Å². The van der Waals surface area contributed by atoms with Gasteiger partial charge in [-0.3, -0.25) is 0 Å². The van der Waals surface area contributed by atoms with Crippen molar-refractivity contribution in [2.75, 3.05) is 0 Å². The smallest absolute Gasteiger partial charge is 0.232 e. The van der Waals surface area contributed by atoms with E-state index in [0.29, 0.717) is 5.01 Å². The van der Waals surface area contributed by atoms with Gasteiger partial charge in [-0.15, -0.1) is 22.7 Å². The molecule has 0 aliphatic carbocycles. The number of hydrogen-bond acceptors (Lipinski definition) is 3. The van der Waals surface area contributed by atoms with Crippen LogP contribution in [0.15, 0.2) is 16.8 Å². The number of thiophene rings is 1. The van der Waals surface area contributed by atoms with Gasteiger partial charge in [0, 0.05) is 21.2 Å². The number of aryl methyl sites for hydroxylation is 1. The van der Waals surface area contributed by atoms with Gasteiger partial charge in [0.2, 0.25) is 0 Å². The van der Waals surface area contributed by atoms with Crippen molar-refractivity contribution in [3.8, 4) is 10.6 Å². The summed E-state index contributed by atoms with van der Waals surface area (Å²) in [6.07, 6.45) is -4.35. The fourth-order valence-electron chi connectivity index (χ4n) is 1.09. The van der Waals surface area contributed by atoms with Crippen LogP contribution in [0, 0.1) is 6.92 Å². The molecule has 0 amide bonds. The molecule has 0 N–H and O–H groups in total. The molecule has 0 radical (unpaired) electrons. The van der Waals surface area contributed by atoms with Gasteiger partial charge in [0.15, 0.2) is 5.69 Å². The highest BCUT2D eigenvalue weighted by Gasteiger charge is 2.33. The zero-order valence-electron chi connectivity index (χ0n) is 7.63. The number of thiazole rings is 1. The predicted octanol–water partition coefficient (Wildman–Crippen LogP) is 4.20. The molecule has 0 aromatic carbocycles. The van der Waals surface area contributed by atoms with E-state index in [1.165, 1.54) is 11.3 Å². The molecule has 0 aliphatic rings. The molecular formula is C9H6F3NS2. The van der Waals surface area contributed by atoms with Crippen LogP contribution in [-0.2, 0) is 6.18 Å².